The Morgan fingerprint density at radius 3 is 2.39 bits per heavy atom. The normalized spacial score (nSPS) is 15.0. The highest BCUT2D eigenvalue weighted by Crippen LogP contribution is 2.37. The summed E-state index contributed by atoms with van der Waals surface area (Å²) in [4.78, 5) is 40.9. The van der Waals surface area contributed by atoms with Crippen molar-refractivity contribution in [3.05, 3.63) is 106 Å². The third-order valence-corrected chi connectivity index (χ3v) is 7.20. The molecule has 41 heavy (non-hydrogen) atoms. The van der Waals surface area contributed by atoms with E-state index >= 15 is 0 Å². The maximum Gasteiger partial charge on any atom is 0.336 e. The van der Waals surface area contributed by atoms with Crippen LogP contribution >= 0.6 is 0 Å². The highest BCUT2D eigenvalue weighted by molar-refractivity contribution is 5.96. The van der Waals surface area contributed by atoms with E-state index in [9.17, 15) is 14.4 Å². The van der Waals surface area contributed by atoms with Gasteiger partial charge in [0.1, 0.15) is 0 Å². The summed E-state index contributed by atoms with van der Waals surface area (Å²) >= 11 is 0. The molecule has 0 radical (unpaired) electrons. The molecule has 1 N–H and O–H groups in total. The van der Waals surface area contributed by atoms with E-state index in [0.29, 0.717) is 41.3 Å². The number of amides is 2. The fourth-order valence-electron chi connectivity index (χ4n) is 5.10. The number of carbonyl (C=O) groups is 3. The maximum absolute atomic E-state index is 13.3. The number of nitrogens with one attached hydrogen (secondary N) is 1. The van der Waals surface area contributed by atoms with Crippen molar-refractivity contribution in [3.63, 3.8) is 0 Å². The zero-order chi connectivity index (χ0) is 29.4. The molecule has 8 nitrogen and oxygen atoms in total. The first kappa shape index (κ1) is 29.4. The summed E-state index contributed by atoms with van der Waals surface area (Å²) in [5.41, 5.74) is 4.24. The van der Waals surface area contributed by atoms with Gasteiger partial charge < -0.3 is 24.4 Å². The summed E-state index contributed by atoms with van der Waals surface area (Å²) in [5, 5.41) is 2.96. The molecule has 0 saturated carbocycles. The van der Waals surface area contributed by atoms with E-state index in [4.69, 9.17) is 14.2 Å². The number of rotatable bonds is 11. The topological polar surface area (TPSA) is 94.2 Å². The van der Waals surface area contributed by atoms with Gasteiger partial charge in [0.15, 0.2) is 11.5 Å². The van der Waals surface area contributed by atoms with Crippen LogP contribution in [0, 0.1) is 0 Å². The monoisotopic (exact) mass is 556 g/mol. The van der Waals surface area contributed by atoms with Crippen LogP contribution in [0.5, 0.6) is 11.5 Å². The highest BCUT2D eigenvalue weighted by atomic mass is 16.5. The molecule has 0 aromatic heterocycles. The van der Waals surface area contributed by atoms with Gasteiger partial charge in [-0.05, 0) is 61.2 Å². The summed E-state index contributed by atoms with van der Waals surface area (Å²) in [5.74, 6) is 0.206. The molecule has 1 unspecified atom stereocenters. The van der Waals surface area contributed by atoms with Gasteiger partial charge in [-0.15, -0.1) is 0 Å². The minimum absolute atomic E-state index is 0.0887. The quantitative estimate of drug-likeness (QED) is 0.333. The molecule has 3 aromatic carbocycles. The van der Waals surface area contributed by atoms with E-state index in [1.54, 1.807) is 51.2 Å². The molecule has 0 saturated heterocycles. The molecule has 3 aromatic rings. The average Bonchev–Trinajstić information content (AvgIpc) is 2.99. The zero-order valence-corrected chi connectivity index (χ0v) is 23.9. The Morgan fingerprint density at radius 2 is 1.68 bits per heavy atom. The fraction of sp³-hybridized carbons (Fsp3) is 0.303. The number of carbonyl (C=O) groups excluding carboxylic acids is 3. The summed E-state index contributed by atoms with van der Waals surface area (Å²) in [7, 11) is 3.18. The van der Waals surface area contributed by atoms with Gasteiger partial charge in [-0.3, -0.25) is 9.59 Å². The molecule has 4 rings (SSSR count). The highest BCUT2D eigenvalue weighted by Gasteiger charge is 2.36. The van der Waals surface area contributed by atoms with Crippen LogP contribution in [0.3, 0.4) is 0 Å². The van der Waals surface area contributed by atoms with Gasteiger partial charge >= 0.3 is 5.97 Å². The van der Waals surface area contributed by atoms with Gasteiger partial charge in [0.2, 0.25) is 5.91 Å². The molecular weight excluding hydrogens is 520 g/mol. The lowest BCUT2D eigenvalue weighted by molar-refractivity contribution is -0.140. The number of nitrogens with zero attached hydrogens (tertiary/aromatic N) is 1. The van der Waals surface area contributed by atoms with Crippen molar-refractivity contribution in [1.29, 1.82) is 0 Å². The fourth-order valence-corrected chi connectivity index (χ4v) is 5.10. The summed E-state index contributed by atoms with van der Waals surface area (Å²) in [6.07, 6.45) is 0.781. The SMILES string of the molecule is CCOC(=O)C1=C(C)N(Cc2cccc(C(=O)NCCc3ccc(OC)c(OC)c3)c2)C(=O)CC1c1ccccc1. The first-order valence-electron chi connectivity index (χ1n) is 13.7. The van der Waals surface area contributed by atoms with Crippen molar-refractivity contribution in [2.45, 2.75) is 39.2 Å². The zero-order valence-electron chi connectivity index (χ0n) is 23.9. The third-order valence-electron chi connectivity index (χ3n) is 7.20. The number of hydrogen-bond donors (Lipinski definition) is 1. The van der Waals surface area contributed by atoms with Gasteiger partial charge in [0.05, 0.1) is 32.9 Å². The van der Waals surface area contributed by atoms with Crippen molar-refractivity contribution in [3.8, 4) is 11.5 Å². The molecule has 1 atom stereocenters. The van der Waals surface area contributed by atoms with Crippen molar-refractivity contribution in [2.24, 2.45) is 0 Å². The number of allylic oxidation sites excluding steroid dienone is 1. The van der Waals surface area contributed by atoms with Crippen molar-refractivity contribution >= 4 is 17.8 Å². The lowest BCUT2D eigenvalue weighted by atomic mass is 9.83. The van der Waals surface area contributed by atoms with E-state index < -0.39 is 5.97 Å². The molecule has 1 heterocycles. The summed E-state index contributed by atoms with van der Waals surface area (Å²) < 4.78 is 16.0. The van der Waals surface area contributed by atoms with Crippen LogP contribution in [-0.4, -0.2) is 50.1 Å². The van der Waals surface area contributed by atoms with Gasteiger partial charge in [-0.2, -0.15) is 0 Å². The molecule has 0 aliphatic carbocycles. The molecular formula is C33H36N2O6. The van der Waals surface area contributed by atoms with Crippen LogP contribution < -0.4 is 14.8 Å². The first-order valence-corrected chi connectivity index (χ1v) is 13.7. The van der Waals surface area contributed by atoms with Crippen LogP contribution in [0.4, 0.5) is 0 Å². The minimum atomic E-state index is -0.418. The van der Waals surface area contributed by atoms with Gasteiger partial charge in [-0.1, -0.05) is 48.5 Å². The number of methoxy groups -OCH3 is 2. The van der Waals surface area contributed by atoms with E-state index in [2.05, 4.69) is 5.32 Å². The van der Waals surface area contributed by atoms with Crippen LogP contribution in [0.25, 0.3) is 0 Å². The largest absolute Gasteiger partial charge is 0.493 e. The number of esters is 1. The number of benzene rings is 3. The van der Waals surface area contributed by atoms with Crippen LogP contribution in [0.1, 0.15) is 53.2 Å². The Labute approximate surface area is 240 Å². The van der Waals surface area contributed by atoms with Crippen LogP contribution in [-0.2, 0) is 27.3 Å². The second kappa shape index (κ2) is 13.7. The second-order valence-corrected chi connectivity index (χ2v) is 9.76. The number of hydrogen-bond acceptors (Lipinski definition) is 6. The molecule has 1 aliphatic rings. The molecule has 214 valence electrons. The summed E-state index contributed by atoms with van der Waals surface area (Å²) in [6.45, 7) is 4.47. The predicted octanol–water partition coefficient (Wildman–Crippen LogP) is 5.03. The molecule has 2 amide bonds. The van der Waals surface area contributed by atoms with Crippen molar-refractivity contribution < 1.29 is 28.6 Å². The van der Waals surface area contributed by atoms with Gasteiger partial charge in [0, 0.05) is 30.1 Å². The van der Waals surface area contributed by atoms with E-state index in [1.165, 1.54) is 0 Å². The van der Waals surface area contributed by atoms with E-state index in [1.807, 2.05) is 54.6 Å². The van der Waals surface area contributed by atoms with Crippen LogP contribution in [0.15, 0.2) is 84.1 Å². The van der Waals surface area contributed by atoms with E-state index in [-0.39, 0.29) is 37.3 Å². The third kappa shape index (κ3) is 6.95. The Kier molecular flexibility index (Phi) is 9.79. The lowest BCUT2D eigenvalue weighted by Crippen LogP contribution is -2.38. The van der Waals surface area contributed by atoms with Gasteiger partial charge in [0.25, 0.3) is 5.91 Å². The van der Waals surface area contributed by atoms with Crippen molar-refractivity contribution in [2.75, 3.05) is 27.4 Å². The summed E-state index contributed by atoms with van der Waals surface area (Å²) in [6, 6.07) is 22.4. The predicted molar refractivity (Wildman–Crippen MR) is 156 cm³/mol. The Hall–Kier alpha value is -4.59. The molecule has 0 bridgehead atoms. The molecule has 0 spiro atoms. The minimum Gasteiger partial charge on any atom is -0.493 e. The lowest BCUT2D eigenvalue weighted by Gasteiger charge is -2.34. The smallest absolute Gasteiger partial charge is 0.336 e. The molecule has 8 heteroatoms. The average molecular weight is 557 g/mol. The standard InChI is InChI=1S/C33H36N2O6/c1-5-41-33(38)31-22(2)35(30(36)20-27(31)25-11-7-6-8-12-25)21-24-10-9-13-26(18-24)32(37)34-17-16-23-14-15-28(39-3)29(19-23)40-4/h6-15,18-19,27H,5,16-17,20-21H2,1-4H3,(H,34,37). The first-order chi connectivity index (χ1) is 19.9. The number of ether oxygens (including phenoxy) is 3. The van der Waals surface area contributed by atoms with Crippen LogP contribution in [0.2, 0.25) is 0 Å². The Bertz CT molecular complexity index is 1430. The molecule has 1 aliphatic heterocycles. The maximum atomic E-state index is 13.3. The Morgan fingerprint density at radius 1 is 0.927 bits per heavy atom. The Balaban J connectivity index is 1.48. The second-order valence-electron chi connectivity index (χ2n) is 9.76. The molecule has 0 fully saturated rings. The van der Waals surface area contributed by atoms with Crippen molar-refractivity contribution in [1.82, 2.24) is 10.2 Å². The van der Waals surface area contributed by atoms with E-state index in [0.717, 1.165) is 16.7 Å². The van der Waals surface area contributed by atoms with Gasteiger partial charge in [-0.25, -0.2) is 4.79 Å².